The van der Waals surface area contributed by atoms with Crippen LogP contribution in [0.5, 0.6) is 0 Å². The molecule has 0 radical (unpaired) electrons. The zero-order chi connectivity index (χ0) is 26.4. The van der Waals surface area contributed by atoms with Gasteiger partial charge in [0, 0.05) is 31.9 Å². The molecule has 2 aliphatic heterocycles. The quantitative estimate of drug-likeness (QED) is 0.419. The van der Waals surface area contributed by atoms with Gasteiger partial charge in [-0.3, -0.25) is 0 Å². The van der Waals surface area contributed by atoms with Gasteiger partial charge in [-0.2, -0.15) is 5.26 Å². The van der Waals surface area contributed by atoms with Gasteiger partial charge in [0.1, 0.15) is 6.07 Å². The molecule has 4 heteroatoms. The number of hydrogen-bond donors (Lipinski definition) is 0. The van der Waals surface area contributed by atoms with Crippen molar-refractivity contribution in [3.63, 3.8) is 0 Å². The predicted octanol–water partition coefficient (Wildman–Crippen LogP) is 8.27. The molecule has 2 aliphatic rings. The van der Waals surface area contributed by atoms with Crippen molar-refractivity contribution in [3.8, 4) is 6.07 Å². The van der Waals surface area contributed by atoms with Crippen LogP contribution in [0.15, 0.2) is 24.3 Å². The minimum atomic E-state index is 0. The van der Waals surface area contributed by atoms with Crippen molar-refractivity contribution in [3.05, 3.63) is 57.6 Å². The van der Waals surface area contributed by atoms with Gasteiger partial charge >= 0.3 is 0 Å². The van der Waals surface area contributed by atoms with E-state index in [-0.39, 0.29) is 7.43 Å². The predicted molar refractivity (Wildman–Crippen MR) is 160 cm³/mol. The summed E-state index contributed by atoms with van der Waals surface area (Å²) in [5, 5.41) is 9.37. The molecule has 1 atom stereocenters. The number of piperidine rings is 1. The molecular weight excluding hydrogens is 454 g/mol. The standard InChI is InChI=1S/C16H22N2.C16H25NO.CH4/c1-12(2)15-10-14(11-17)16(9-13(15)3)18-7-5-4-6-8-18;1-11(2)15-8-13(4)16(9-12(15)3)17-6-7-18-14(5)10-17;/h9-10,12H,4-8H2,1-3H3;8-9,11,14H,6-7,10H2,1-5H3;1H4. The van der Waals surface area contributed by atoms with Crippen molar-refractivity contribution in [2.45, 2.75) is 100 Å². The van der Waals surface area contributed by atoms with E-state index in [2.05, 4.69) is 95.5 Å². The Labute approximate surface area is 227 Å². The number of nitrogens with zero attached hydrogens (tertiary/aromatic N) is 3. The molecule has 0 saturated carbocycles. The lowest BCUT2D eigenvalue weighted by molar-refractivity contribution is 0.0532. The SMILES string of the molecule is C.Cc1cc(N2CCCCC2)c(C#N)cc1C(C)C.Cc1cc(N2CCOC(C)C2)c(C)cc1C(C)C. The van der Waals surface area contributed by atoms with Crippen molar-refractivity contribution >= 4 is 11.4 Å². The highest BCUT2D eigenvalue weighted by molar-refractivity contribution is 5.63. The topological polar surface area (TPSA) is 39.5 Å². The van der Waals surface area contributed by atoms with Gasteiger partial charge < -0.3 is 14.5 Å². The average molecular weight is 506 g/mol. The molecule has 4 nitrogen and oxygen atoms in total. The number of benzene rings is 2. The average Bonchev–Trinajstić information content (AvgIpc) is 2.85. The van der Waals surface area contributed by atoms with Crippen LogP contribution >= 0.6 is 0 Å². The summed E-state index contributed by atoms with van der Waals surface area (Å²) in [5.74, 6) is 1.08. The zero-order valence-corrected chi connectivity index (χ0v) is 23.9. The van der Waals surface area contributed by atoms with Gasteiger partial charge in [-0.25, -0.2) is 0 Å². The third-order valence-corrected chi connectivity index (χ3v) is 7.61. The first kappa shape index (κ1) is 30.7. The third-order valence-electron chi connectivity index (χ3n) is 7.61. The van der Waals surface area contributed by atoms with Crippen molar-refractivity contribution in [1.29, 1.82) is 5.26 Å². The Morgan fingerprint density at radius 1 is 0.784 bits per heavy atom. The Morgan fingerprint density at radius 2 is 1.35 bits per heavy atom. The van der Waals surface area contributed by atoms with Crippen molar-refractivity contribution in [2.75, 3.05) is 42.6 Å². The summed E-state index contributed by atoms with van der Waals surface area (Å²) < 4.78 is 5.62. The minimum Gasteiger partial charge on any atom is -0.375 e. The summed E-state index contributed by atoms with van der Waals surface area (Å²) in [5.41, 5.74) is 10.2. The molecule has 1 unspecified atom stereocenters. The second-order valence-corrected chi connectivity index (χ2v) is 11.3. The van der Waals surface area contributed by atoms with E-state index in [0.29, 0.717) is 17.9 Å². The number of rotatable bonds is 4. The Morgan fingerprint density at radius 3 is 1.89 bits per heavy atom. The van der Waals surface area contributed by atoms with Gasteiger partial charge in [0.15, 0.2) is 0 Å². The smallest absolute Gasteiger partial charge is 0.101 e. The monoisotopic (exact) mass is 505 g/mol. The molecule has 2 aromatic rings. The minimum absolute atomic E-state index is 0. The number of ether oxygens (including phenoxy) is 1. The van der Waals surface area contributed by atoms with E-state index < -0.39 is 0 Å². The Kier molecular flexibility index (Phi) is 11.5. The number of hydrogen-bond acceptors (Lipinski definition) is 4. The lowest BCUT2D eigenvalue weighted by atomic mass is 9.94. The van der Waals surface area contributed by atoms with Crippen LogP contribution in [0, 0.1) is 32.1 Å². The molecule has 4 rings (SSSR count). The van der Waals surface area contributed by atoms with Crippen LogP contribution in [0.2, 0.25) is 0 Å². The van der Waals surface area contributed by atoms with Crippen LogP contribution in [0.4, 0.5) is 11.4 Å². The molecule has 2 heterocycles. The summed E-state index contributed by atoms with van der Waals surface area (Å²) in [4.78, 5) is 4.83. The fourth-order valence-corrected chi connectivity index (χ4v) is 5.64. The number of aryl methyl sites for hydroxylation is 3. The summed E-state index contributed by atoms with van der Waals surface area (Å²) in [6, 6.07) is 11.4. The van der Waals surface area contributed by atoms with E-state index in [0.717, 1.165) is 44.0 Å². The first-order valence-corrected chi connectivity index (χ1v) is 13.9. The van der Waals surface area contributed by atoms with Crippen molar-refractivity contribution in [1.82, 2.24) is 0 Å². The van der Waals surface area contributed by atoms with E-state index in [4.69, 9.17) is 4.74 Å². The maximum atomic E-state index is 9.37. The molecular formula is C33H51N3O. The number of morpholine rings is 1. The molecule has 2 fully saturated rings. The van der Waals surface area contributed by atoms with E-state index >= 15 is 0 Å². The highest BCUT2D eigenvalue weighted by Crippen LogP contribution is 2.31. The van der Waals surface area contributed by atoms with Gasteiger partial charge in [-0.05, 0) is 105 Å². The summed E-state index contributed by atoms with van der Waals surface area (Å²) in [7, 11) is 0. The van der Waals surface area contributed by atoms with E-state index in [1.807, 2.05) is 0 Å². The molecule has 2 aromatic carbocycles. The summed E-state index contributed by atoms with van der Waals surface area (Å²) in [6.45, 7) is 22.7. The highest BCUT2D eigenvalue weighted by atomic mass is 16.5. The van der Waals surface area contributed by atoms with Crippen LogP contribution in [-0.2, 0) is 4.74 Å². The molecule has 0 spiro atoms. The molecule has 0 aromatic heterocycles. The Hall–Kier alpha value is -2.51. The third kappa shape index (κ3) is 7.74. The summed E-state index contributed by atoms with van der Waals surface area (Å²) >= 11 is 0. The molecule has 37 heavy (non-hydrogen) atoms. The van der Waals surface area contributed by atoms with Gasteiger partial charge in [-0.1, -0.05) is 41.2 Å². The van der Waals surface area contributed by atoms with Gasteiger partial charge in [0.05, 0.1) is 24.0 Å². The molecule has 2 saturated heterocycles. The molecule has 0 bridgehead atoms. The highest BCUT2D eigenvalue weighted by Gasteiger charge is 2.20. The van der Waals surface area contributed by atoms with Gasteiger partial charge in [-0.15, -0.1) is 0 Å². The molecule has 204 valence electrons. The van der Waals surface area contributed by atoms with Crippen LogP contribution in [0.1, 0.15) is 107 Å². The lowest BCUT2D eigenvalue weighted by Gasteiger charge is -2.34. The Bertz CT molecular complexity index is 1060. The molecule has 0 aliphatic carbocycles. The maximum absolute atomic E-state index is 9.37. The van der Waals surface area contributed by atoms with Crippen LogP contribution < -0.4 is 9.80 Å². The largest absolute Gasteiger partial charge is 0.375 e. The molecule has 0 amide bonds. The fourth-order valence-electron chi connectivity index (χ4n) is 5.64. The second kappa shape index (κ2) is 13.9. The first-order valence-electron chi connectivity index (χ1n) is 13.9. The second-order valence-electron chi connectivity index (χ2n) is 11.3. The fraction of sp³-hybridized carbons (Fsp3) is 0.606. The number of nitriles is 1. The Balaban J connectivity index is 0.000000253. The van der Waals surface area contributed by atoms with Crippen LogP contribution in [-0.4, -0.2) is 38.9 Å². The summed E-state index contributed by atoms with van der Waals surface area (Å²) in [6.07, 6.45) is 4.15. The lowest BCUT2D eigenvalue weighted by Crippen LogP contribution is -2.41. The van der Waals surface area contributed by atoms with Crippen molar-refractivity contribution < 1.29 is 4.74 Å². The molecule has 0 N–H and O–H groups in total. The normalized spacial score (nSPS) is 17.7. The van der Waals surface area contributed by atoms with E-state index in [1.54, 1.807) is 0 Å². The van der Waals surface area contributed by atoms with E-state index in [9.17, 15) is 5.26 Å². The number of anilines is 2. The van der Waals surface area contributed by atoms with Gasteiger partial charge in [0.25, 0.3) is 0 Å². The first-order chi connectivity index (χ1) is 17.1. The van der Waals surface area contributed by atoms with E-state index in [1.165, 1.54) is 52.8 Å². The van der Waals surface area contributed by atoms with Crippen molar-refractivity contribution in [2.24, 2.45) is 0 Å². The van der Waals surface area contributed by atoms with Gasteiger partial charge in [0.2, 0.25) is 0 Å². The van der Waals surface area contributed by atoms with Crippen LogP contribution in [0.25, 0.3) is 0 Å². The zero-order valence-electron chi connectivity index (χ0n) is 23.9. The maximum Gasteiger partial charge on any atom is 0.101 e. The van der Waals surface area contributed by atoms with Crippen LogP contribution in [0.3, 0.4) is 0 Å².